The highest BCUT2D eigenvalue weighted by Gasteiger charge is 2.05. The van der Waals surface area contributed by atoms with Crippen LogP contribution in [0.5, 0.6) is 0 Å². The average Bonchev–Trinajstić information content (AvgIpc) is 2.47. The van der Waals surface area contributed by atoms with E-state index in [9.17, 15) is 0 Å². The Morgan fingerprint density at radius 1 is 0.765 bits per heavy atom. The largest absolute Gasteiger partial charge is 0.314 e. The van der Waals surface area contributed by atoms with E-state index in [0.29, 0.717) is 0 Å². The van der Waals surface area contributed by atoms with Crippen molar-refractivity contribution in [2.24, 2.45) is 0 Å². The van der Waals surface area contributed by atoms with Crippen LogP contribution < -0.4 is 10.6 Å². The molecule has 1 fully saturated rings. The molecule has 0 unspecified atom stereocenters. The van der Waals surface area contributed by atoms with Crippen molar-refractivity contribution in [2.75, 3.05) is 45.8 Å². The van der Waals surface area contributed by atoms with Gasteiger partial charge >= 0.3 is 0 Å². The molecule has 1 heterocycles. The summed E-state index contributed by atoms with van der Waals surface area (Å²) in [5.41, 5.74) is 0. The number of hydrogen-bond donors (Lipinski definition) is 2. The lowest BCUT2D eigenvalue weighted by molar-refractivity contribution is 0.273. The molecule has 17 heavy (non-hydrogen) atoms. The monoisotopic (exact) mass is 241 g/mol. The predicted octanol–water partition coefficient (Wildman–Crippen LogP) is 1.84. The molecule has 1 aliphatic heterocycles. The van der Waals surface area contributed by atoms with Gasteiger partial charge in [-0.25, -0.2) is 0 Å². The smallest absolute Gasteiger partial charge is 0.0107 e. The van der Waals surface area contributed by atoms with E-state index in [0.717, 1.165) is 26.2 Å². The molecule has 3 nitrogen and oxygen atoms in total. The maximum absolute atomic E-state index is 3.47. The summed E-state index contributed by atoms with van der Waals surface area (Å²) >= 11 is 0. The number of nitrogens with one attached hydrogen (secondary N) is 2. The van der Waals surface area contributed by atoms with Crippen LogP contribution in [-0.2, 0) is 0 Å². The number of rotatable bonds is 7. The summed E-state index contributed by atoms with van der Waals surface area (Å²) in [7, 11) is 0. The lowest BCUT2D eigenvalue weighted by Crippen LogP contribution is -2.34. The maximum Gasteiger partial charge on any atom is 0.0107 e. The van der Waals surface area contributed by atoms with Gasteiger partial charge in [0.1, 0.15) is 0 Å². The van der Waals surface area contributed by atoms with Crippen LogP contribution in [0.25, 0.3) is 0 Å². The summed E-state index contributed by atoms with van der Waals surface area (Å²) in [6.07, 6.45) is 8.42. The molecule has 0 saturated carbocycles. The molecule has 0 aromatic carbocycles. The first kappa shape index (κ1) is 14.9. The molecule has 1 saturated heterocycles. The van der Waals surface area contributed by atoms with E-state index in [-0.39, 0.29) is 0 Å². The van der Waals surface area contributed by atoms with Crippen molar-refractivity contribution in [3.05, 3.63) is 0 Å². The quantitative estimate of drug-likeness (QED) is 0.666. The Morgan fingerprint density at radius 3 is 2.00 bits per heavy atom. The summed E-state index contributed by atoms with van der Waals surface area (Å²) < 4.78 is 0. The fraction of sp³-hybridized carbons (Fsp3) is 1.00. The number of unbranched alkanes of at least 4 members (excludes halogenated alkanes) is 5. The second-order valence-corrected chi connectivity index (χ2v) is 5.11. The standard InChI is InChI=1S/C14H31N3/c1-2-3-4-5-6-7-12-17-13-10-15-8-9-16-11-14-17/h15-16H,2-14H2,1H3. The lowest BCUT2D eigenvalue weighted by atomic mass is 10.1. The Hall–Kier alpha value is -0.120. The van der Waals surface area contributed by atoms with Gasteiger partial charge in [0.2, 0.25) is 0 Å². The fourth-order valence-electron chi connectivity index (χ4n) is 2.35. The van der Waals surface area contributed by atoms with Crippen LogP contribution in [0.2, 0.25) is 0 Å². The fourth-order valence-corrected chi connectivity index (χ4v) is 2.35. The predicted molar refractivity (Wildman–Crippen MR) is 75.6 cm³/mol. The topological polar surface area (TPSA) is 27.3 Å². The highest BCUT2D eigenvalue weighted by molar-refractivity contribution is 4.65. The molecule has 0 spiro atoms. The molecule has 102 valence electrons. The third kappa shape index (κ3) is 8.58. The Kier molecular flexibility index (Phi) is 9.66. The summed E-state index contributed by atoms with van der Waals surface area (Å²) in [5, 5.41) is 6.94. The molecule has 1 rings (SSSR count). The second kappa shape index (κ2) is 11.0. The molecule has 0 aromatic heterocycles. The minimum Gasteiger partial charge on any atom is -0.314 e. The molecular formula is C14H31N3. The SMILES string of the molecule is CCCCCCCCN1CCNCCNCC1. The molecular weight excluding hydrogens is 210 g/mol. The van der Waals surface area contributed by atoms with Crippen molar-refractivity contribution in [2.45, 2.75) is 45.4 Å². The van der Waals surface area contributed by atoms with Crippen LogP contribution in [0.15, 0.2) is 0 Å². The lowest BCUT2D eigenvalue weighted by Gasteiger charge is -2.21. The Morgan fingerprint density at radius 2 is 1.35 bits per heavy atom. The zero-order valence-corrected chi connectivity index (χ0v) is 11.6. The van der Waals surface area contributed by atoms with Gasteiger partial charge in [-0.05, 0) is 13.0 Å². The third-order valence-electron chi connectivity index (χ3n) is 3.52. The first-order valence-corrected chi connectivity index (χ1v) is 7.57. The van der Waals surface area contributed by atoms with Gasteiger partial charge < -0.3 is 15.5 Å². The van der Waals surface area contributed by atoms with E-state index in [1.54, 1.807) is 0 Å². The summed E-state index contributed by atoms with van der Waals surface area (Å²) in [6.45, 7) is 10.5. The minimum atomic E-state index is 1.12. The van der Waals surface area contributed by atoms with Crippen molar-refractivity contribution in [3.63, 3.8) is 0 Å². The summed E-state index contributed by atoms with van der Waals surface area (Å²) in [6, 6.07) is 0. The van der Waals surface area contributed by atoms with Crippen LogP contribution in [0.3, 0.4) is 0 Å². The van der Waals surface area contributed by atoms with Gasteiger partial charge in [0.05, 0.1) is 0 Å². The zero-order valence-electron chi connectivity index (χ0n) is 11.6. The molecule has 0 aromatic rings. The normalized spacial score (nSPS) is 19.6. The van der Waals surface area contributed by atoms with Crippen LogP contribution in [0, 0.1) is 0 Å². The first-order chi connectivity index (χ1) is 8.43. The average molecular weight is 241 g/mol. The van der Waals surface area contributed by atoms with Gasteiger partial charge in [-0.15, -0.1) is 0 Å². The Balaban J connectivity index is 1.99. The van der Waals surface area contributed by atoms with Crippen LogP contribution in [-0.4, -0.2) is 50.7 Å². The molecule has 3 heteroatoms. The molecule has 0 atom stereocenters. The molecule has 0 bridgehead atoms. The Labute approximate surface area is 107 Å². The first-order valence-electron chi connectivity index (χ1n) is 7.57. The number of nitrogens with zero attached hydrogens (tertiary/aromatic N) is 1. The summed E-state index contributed by atoms with van der Waals surface area (Å²) in [5.74, 6) is 0. The number of hydrogen-bond acceptors (Lipinski definition) is 3. The van der Waals surface area contributed by atoms with Gasteiger partial charge in [0.15, 0.2) is 0 Å². The van der Waals surface area contributed by atoms with E-state index in [1.165, 1.54) is 58.2 Å². The van der Waals surface area contributed by atoms with Gasteiger partial charge in [-0.3, -0.25) is 0 Å². The van der Waals surface area contributed by atoms with E-state index in [4.69, 9.17) is 0 Å². The minimum absolute atomic E-state index is 1.12. The molecule has 0 radical (unpaired) electrons. The van der Waals surface area contributed by atoms with Crippen molar-refractivity contribution in [1.29, 1.82) is 0 Å². The van der Waals surface area contributed by atoms with Crippen molar-refractivity contribution in [3.8, 4) is 0 Å². The van der Waals surface area contributed by atoms with Crippen molar-refractivity contribution in [1.82, 2.24) is 15.5 Å². The van der Waals surface area contributed by atoms with Crippen LogP contribution in [0.1, 0.15) is 45.4 Å². The van der Waals surface area contributed by atoms with E-state index in [2.05, 4.69) is 22.5 Å². The highest BCUT2D eigenvalue weighted by atomic mass is 15.2. The Bertz CT molecular complexity index is 152. The van der Waals surface area contributed by atoms with Gasteiger partial charge in [0.25, 0.3) is 0 Å². The van der Waals surface area contributed by atoms with Crippen LogP contribution >= 0.6 is 0 Å². The van der Waals surface area contributed by atoms with E-state index >= 15 is 0 Å². The summed E-state index contributed by atoms with van der Waals surface area (Å²) in [4.78, 5) is 2.60. The van der Waals surface area contributed by atoms with Gasteiger partial charge in [-0.2, -0.15) is 0 Å². The van der Waals surface area contributed by atoms with E-state index < -0.39 is 0 Å². The molecule has 2 N–H and O–H groups in total. The maximum atomic E-state index is 3.47. The highest BCUT2D eigenvalue weighted by Crippen LogP contribution is 2.05. The van der Waals surface area contributed by atoms with Crippen LogP contribution in [0.4, 0.5) is 0 Å². The second-order valence-electron chi connectivity index (χ2n) is 5.11. The van der Waals surface area contributed by atoms with E-state index in [1.807, 2.05) is 0 Å². The van der Waals surface area contributed by atoms with Gasteiger partial charge in [0, 0.05) is 39.3 Å². The molecule has 1 aliphatic rings. The zero-order chi connectivity index (χ0) is 12.2. The molecule has 0 amide bonds. The van der Waals surface area contributed by atoms with Gasteiger partial charge in [-0.1, -0.05) is 39.0 Å². The third-order valence-corrected chi connectivity index (χ3v) is 3.52. The molecule has 0 aliphatic carbocycles. The van der Waals surface area contributed by atoms with Crippen molar-refractivity contribution >= 4 is 0 Å². The van der Waals surface area contributed by atoms with Crippen molar-refractivity contribution < 1.29 is 0 Å².